The van der Waals surface area contributed by atoms with Gasteiger partial charge in [0.2, 0.25) is 0 Å². The minimum absolute atomic E-state index is 0.355. The fraction of sp³-hybridized carbons (Fsp3) is 0.222. The van der Waals surface area contributed by atoms with Crippen LogP contribution in [0.2, 0.25) is 10.0 Å². The van der Waals surface area contributed by atoms with Crippen LogP contribution in [0.5, 0.6) is 11.5 Å². The Labute approximate surface area is 163 Å². The van der Waals surface area contributed by atoms with Crippen molar-refractivity contribution < 1.29 is 14.3 Å². The Hall–Kier alpha value is -2.02. The van der Waals surface area contributed by atoms with E-state index in [0.29, 0.717) is 51.7 Å². The van der Waals surface area contributed by atoms with Gasteiger partial charge in [0.25, 0.3) is 5.91 Å². The summed E-state index contributed by atoms with van der Waals surface area (Å²) in [5.74, 6) is 1.04. The smallest absolute Gasteiger partial charge is 0.279 e. The summed E-state index contributed by atoms with van der Waals surface area (Å²) in [4.78, 5) is 17.5. The van der Waals surface area contributed by atoms with Gasteiger partial charge in [-0.15, -0.1) is 0 Å². The molecular formula is C18H14Cl2N2O3S. The van der Waals surface area contributed by atoms with Crippen LogP contribution in [0, 0.1) is 0 Å². The van der Waals surface area contributed by atoms with Crippen LogP contribution in [0.15, 0.2) is 35.3 Å². The van der Waals surface area contributed by atoms with Crippen LogP contribution in [0.3, 0.4) is 0 Å². The molecule has 0 atom stereocenters. The average Bonchev–Trinajstić information content (AvgIpc) is 2.94. The lowest BCUT2D eigenvalue weighted by Gasteiger charge is -2.18. The lowest BCUT2D eigenvalue weighted by molar-refractivity contribution is 0.0998. The Kier molecular flexibility index (Phi) is 4.65. The van der Waals surface area contributed by atoms with Crippen LogP contribution >= 0.6 is 34.5 Å². The van der Waals surface area contributed by atoms with Gasteiger partial charge in [-0.25, -0.2) is 0 Å². The molecule has 4 rings (SSSR count). The number of halogens is 2. The fourth-order valence-corrected chi connectivity index (χ4v) is 4.45. The van der Waals surface area contributed by atoms with Gasteiger partial charge in [-0.05, 0) is 25.1 Å². The first-order valence-corrected chi connectivity index (χ1v) is 9.60. The maximum absolute atomic E-state index is 12.6. The van der Waals surface area contributed by atoms with Gasteiger partial charge in [0.05, 0.1) is 10.2 Å². The minimum Gasteiger partial charge on any atom is -0.486 e. The number of hydrogen-bond donors (Lipinski definition) is 0. The maximum Gasteiger partial charge on any atom is 0.279 e. The van der Waals surface area contributed by atoms with Crippen LogP contribution in [-0.2, 0) is 6.54 Å². The van der Waals surface area contributed by atoms with Gasteiger partial charge >= 0.3 is 0 Å². The van der Waals surface area contributed by atoms with E-state index in [1.165, 1.54) is 11.3 Å². The number of benzene rings is 2. The molecule has 2 heterocycles. The van der Waals surface area contributed by atoms with E-state index in [2.05, 4.69) is 4.99 Å². The summed E-state index contributed by atoms with van der Waals surface area (Å²) in [6.45, 7) is 3.73. The predicted octanol–water partition coefficient (Wildman–Crippen LogP) is 4.54. The van der Waals surface area contributed by atoms with Crippen molar-refractivity contribution in [1.29, 1.82) is 0 Å². The molecule has 3 aromatic rings. The molecule has 0 saturated carbocycles. The number of rotatable bonds is 2. The molecule has 0 spiro atoms. The Balaban J connectivity index is 1.84. The van der Waals surface area contributed by atoms with Gasteiger partial charge < -0.3 is 14.0 Å². The normalized spacial score (nSPS) is 14.0. The van der Waals surface area contributed by atoms with Crippen LogP contribution in [0.4, 0.5) is 0 Å². The summed E-state index contributed by atoms with van der Waals surface area (Å²) in [7, 11) is 0. The van der Waals surface area contributed by atoms with E-state index in [-0.39, 0.29) is 5.91 Å². The SMILES string of the molecule is CCn1c(=NC(=O)c2cc(Cl)cc(Cl)c2)sc2cc3c(cc21)OCCO3. The highest BCUT2D eigenvalue weighted by Crippen LogP contribution is 2.35. The Morgan fingerprint density at radius 3 is 2.42 bits per heavy atom. The standard InChI is InChI=1S/C18H14Cl2N2O3S/c1-2-22-13-8-14-15(25-4-3-24-14)9-16(13)26-18(22)21-17(23)10-5-11(19)7-12(20)6-10/h5-9H,2-4H2,1H3. The van der Waals surface area contributed by atoms with Crippen LogP contribution in [0.1, 0.15) is 17.3 Å². The highest BCUT2D eigenvalue weighted by Gasteiger charge is 2.16. The van der Waals surface area contributed by atoms with E-state index in [4.69, 9.17) is 32.7 Å². The van der Waals surface area contributed by atoms with Gasteiger partial charge in [-0.1, -0.05) is 34.5 Å². The molecule has 1 amide bonds. The van der Waals surface area contributed by atoms with Crippen LogP contribution < -0.4 is 14.3 Å². The molecule has 0 radical (unpaired) electrons. The third-order valence-corrected chi connectivity index (χ3v) is 5.45. The summed E-state index contributed by atoms with van der Waals surface area (Å²) >= 11 is 13.4. The molecule has 0 aliphatic carbocycles. The number of nitrogens with zero attached hydrogens (tertiary/aromatic N) is 2. The number of aryl methyl sites for hydroxylation is 1. The van der Waals surface area contributed by atoms with Crippen molar-refractivity contribution in [1.82, 2.24) is 4.57 Å². The van der Waals surface area contributed by atoms with Crippen molar-refractivity contribution in [2.45, 2.75) is 13.5 Å². The maximum atomic E-state index is 12.6. The van der Waals surface area contributed by atoms with E-state index in [1.54, 1.807) is 18.2 Å². The third kappa shape index (κ3) is 3.20. The Bertz CT molecular complexity index is 1070. The predicted molar refractivity (Wildman–Crippen MR) is 103 cm³/mol. The average molecular weight is 409 g/mol. The van der Waals surface area contributed by atoms with Gasteiger partial charge in [0.15, 0.2) is 16.3 Å². The molecule has 0 bridgehead atoms. The number of amides is 1. The first-order chi connectivity index (χ1) is 12.5. The zero-order chi connectivity index (χ0) is 18.3. The number of thiazole rings is 1. The number of carbonyl (C=O) groups is 1. The van der Waals surface area contributed by atoms with Gasteiger partial charge in [0.1, 0.15) is 13.2 Å². The zero-order valence-electron chi connectivity index (χ0n) is 13.8. The molecule has 1 aromatic heterocycles. The molecule has 0 N–H and O–H groups in total. The van der Waals surface area contributed by atoms with Crippen molar-refractivity contribution >= 4 is 50.7 Å². The van der Waals surface area contributed by atoms with Crippen molar-refractivity contribution in [3.05, 3.63) is 50.7 Å². The molecular weight excluding hydrogens is 395 g/mol. The van der Waals surface area contributed by atoms with Crippen molar-refractivity contribution in [3.8, 4) is 11.5 Å². The molecule has 134 valence electrons. The van der Waals surface area contributed by atoms with Crippen molar-refractivity contribution in [2.75, 3.05) is 13.2 Å². The van der Waals surface area contributed by atoms with E-state index in [0.717, 1.165) is 10.2 Å². The summed E-state index contributed by atoms with van der Waals surface area (Å²) in [5.41, 5.74) is 1.31. The zero-order valence-corrected chi connectivity index (χ0v) is 16.1. The van der Waals surface area contributed by atoms with Crippen LogP contribution in [0.25, 0.3) is 10.2 Å². The number of ether oxygens (including phenoxy) is 2. The second kappa shape index (κ2) is 6.95. The van der Waals surface area contributed by atoms with Gasteiger partial charge in [-0.2, -0.15) is 4.99 Å². The fourth-order valence-electron chi connectivity index (χ4n) is 2.83. The second-order valence-electron chi connectivity index (χ2n) is 5.67. The van der Waals surface area contributed by atoms with Gasteiger partial charge in [-0.3, -0.25) is 4.79 Å². The van der Waals surface area contributed by atoms with E-state index in [1.807, 2.05) is 23.6 Å². The molecule has 5 nitrogen and oxygen atoms in total. The van der Waals surface area contributed by atoms with E-state index >= 15 is 0 Å². The molecule has 1 aliphatic heterocycles. The largest absolute Gasteiger partial charge is 0.486 e. The highest BCUT2D eigenvalue weighted by atomic mass is 35.5. The topological polar surface area (TPSA) is 52.8 Å². The quantitative estimate of drug-likeness (QED) is 0.625. The number of fused-ring (bicyclic) bond motifs is 2. The van der Waals surface area contributed by atoms with Crippen molar-refractivity contribution in [2.24, 2.45) is 4.99 Å². The van der Waals surface area contributed by atoms with Gasteiger partial charge in [0, 0.05) is 34.3 Å². The molecule has 0 saturated heterocycles. The number of aromatic nitrogens is 1. The molecule has 8 heteroatoms. The highest BCUT2D eigenvalue weighted by molar-refractivity contribution is 7.16. The summed E-state index contributed by atoms with van der Waals surface area (Å²) in [5, 5.41) is 0.801. The molecule has 26 heavy (non-hydrogen) atoms. The third-order valence-electron chi connectivity index (χ3n) is 3.97. The number of hydrogen-bond acceptors (Lipinski definition) is 4. The summed E-state index contributed by atoms with van der Waals surface area (Å²) < 4.78 is 14.2. The molecule has 0 unspecified atom stereocenters. The lowest BCUT2D eigenvalue weighted by atomic mass is 10.2. The van der Waals surface area contributed by atoms with E-state index in [9.17, 15) is 4.79 Å². The molecule has 0 fully saturated rings. The summed E-state index contributed by atoms with van der Waals surface area (Å²) in [6, 6.07) is 8.56. The first-order valence-electron chi connectivity index (χ1n) is 8.03. The van der Waals surface area contributed by atoms with Crippen molar-refractivity contribution in [3.63, 3.8) is 0 Å². The monoisotopic (exact) mass is 408 g/mol. The Morgan fingerprint density at radius 1 is 1.12 bits per heavy atom. The van der Waals surface area contributed by atoms with Crippen LogP contribution in [-0.4, -0.2) is 23.7 Å². The minimum atomic E-state index is -0.389. The molecule has 2 aromatic carbocycles. The first kappa shape index (κ1) is 17.4. The number of carbonyl (C=O) groups excluding carboxylic acids is 1. The molecule has 1 aliphatic rings. The second-order valence-corrected chi connectivity index (χ2v) is 7.55. The Morgan fingerprint density at radius 2 is 1.77 bits per heavy atom. The summed E-state index contributed by atoms with van der Waals surface area (Å²) in [6.07, 6.45) is 0. The van der Waals surface area contributed by atoms with E-state index < -0.39 is 0 Å². The lowest BCUT2D eigenvalue weighted by Crippen LogP contribution is -2.17.